The second-order valence-corrected chi connectivity index (χ2v) is 5.86. The Kier molecular flexibility index (Phi) is 4.20. The second-order valence-electron chi connectivity index (χ2n) is 5.86. The fraction of sp³-hybridized carbons (Fsp3) is 0.389. The lowest BCUT2D eigenvalue weighted by Crippen LogP contribution is -2.40. The molecule has 110 valence electrons. The van der Waals surface area contributed by atoms with Crippen molar-refractivity contribution >= 4 is 5.69 Å². The molecule has 3 rings (SSSR count). The first-order valence-electron chi connectivity index (χ1n) is 7.77. The van der Waals surface area contributed by atoms with E-state index in [9.17, 15) is 0 Å². The monoisotopic (exact) mass is 281 g/mol. The number of hydrogen-bond donors (Lipinski definition) is 1. The molecule has 2 atom stereocenters. The van der Waals surface area contributed by atoms with E-state index in [-0.39, 0.29) is 12.1 Å². The highest BCUT2D eigenvalue weighted by Gasteiger charge is 2.26. The van der Waals surface area contributed by atoms with E-state index in [2.05, 4.69) is 53.2 Å². The van der Waals surface area contributed by atoms with Crippen LogP contribution >= 0.6 is 0 Å². The average molecular weight is 281 g/mol. The smallest absolute Gasteiger partial charge is 0.0691 e. The molecule has 0 saturated heterocycles. The minimum Gasteiger partial charge on any atom is -0.363 e. The minimum atomic E-state index is 0.0681. The minimum absolute atomic E-state index is 0.0681. The molecule has 2 N–H and O–H groups in total. The molecule has 0 fully saturated rings. The predicted molar refractivity (Wildman–Crippen MR) is 87.4 cm³/mol. The van der Waals surface area contributed by atoms with E-state index < -0.39 is 0 Å². The number of nitrogens with two attached hydrogens (primary N) is 1. The van der Waals surface area contributed by atoms with Crippen molar-refractivity contribution in [2.45, 2.75) is 38.3 Å². The van der Waals surface area contributed by atoms with Gasteiger partial charge in [-0.2, -0.15) is 0 Å². The third kappa shape index (κ3) is 2.93. The molecule has 0 saturated carbocycles. The van der Waals surface area contributed by atoms with Gasteiger partial charge in [-0.15, -0.1) is 0 Å². The Balaban J connectivity index is 2.03. The zero-order valence-corrected chi connectivity index (χ0v) is 12.6. The van der Waals surface area contributed by atoms with Crippen molar-refractivity contribution in [1.29, 1.82) is 0 Å². The summed E-state index contributed by atoms with van der Waals surface area (Å²) < 4.78 is 0. The molecule has 1 aliphatic heterocycles. The second kappa shape index (κ2) is 6.27. The highest BCUT2D eigenvalue weighted by molar-refractivity contribution is 5.56. The molecular weight excluding hydrogens is 258 g/mol. The molecule has 3 nitrogen and oxygen atoms in total. The Labute approximate surface area is 126 Å². The summed E-state index contributed by atoms with van der Waals surface area (Å²) in [5.74, 6) is 0. The highest BCUT2D eigenvalue weighted by atomic mass is 15.2. The van der Waals surface area contributed by atoms with Crippen LogP contribution in [0.3, 0.4) is 0 Å². The standard InChI is InChI=1S/C18H23N3/c1-14(19)18(16-9-11-20-12-10-16)21-13-5-4-7-15-6-2-3-8-17(15)21/h2-3,6,8-12,14,18H,4-5,7,13,19H2,1H3. The van der Waals surface area contributed by atoms with Crippen LogP contribution in [-0.4, -0.2) is 17.6 Å². The van der Waals surface area contributed by atoms with Crippen molar-refractivity contribution in [3.8, 4) is 0 Å². The molecule has 0 bridgehead atoms. The summed E-state index contributed by atoms with van der Waals surface area (Å²) in [6.45, 7) is 3.16. The van der Waals surface area contributed by atoms with Gasteiger partial charge in [0.15, 0.2) is 0 Å². The number of aromatic nitrogens is 1. The van der Waals surface area contributed by atoms with Gasteiger partial charge in [0.25, 0.3) is 0 Å². The van der Waals surface area contributed by atoms with Gasteiger partial charge in [0.05, 0.1) is 6.04 Å². The summed E-state index contributed by atoms with van der Waals surface area (Å²) in [4.78, 5) is 6.62. The molecule has 0 amide bonds. The summed E-state index contributed by atoms with van der Waals surface area (Å²) in [6.07, 6.45) is 7.33. The molecule has 21 heavy (non-hydrogen) atoms. The molecule has 2 unspecified atom stereocenters. The summed E-state index contributed by atoms with van der Waals surface area (Å²) >= 11 is 0. The maximum atomic E-state index is 6.35. The van der Waals surface area contributed by atoms with Crippen LogP contribution in [0, 0.1) is 0 Å². The summed E-state index contributed by atoms with van der Waals surface area (Å²) in [5, 5.41) is 0. The lowest BCUT2D eigenvalue weighted by molar-refractivity contribution is 0.524. The first-order chi connectivity index (χ1) is 10.3. The van der Waals surface area contributed by atoms with Gasteiger partial charge in [0.1, 0.15) is 0 Å². The molecule has 2 heterocycles. The first-order valence-corrected chi connectivity index (χ1v) is 7.77. The average Bonchev–Trinajstić information content (AvgIpc) is 2.71. The van der Waals surface area contributed by atoms with Gasteiger partial charge in [-0.25, -0.2) is 0 Å². The summed E-state index contributed by atoms with van der Waals surface area (Å²) in [5.41, 5.74) is 10.4. The number of para-hydroxylation sites is 1. The van der Waals surface area contributed by atoms with Crippen LogP contribution in [0.1, 0.15) is 36.9 Å². The first kappa shape index (κ1) is 14.1. The van der Waals surface area contributed by atoms with Crippen LogP contribution < -0.4 is 10.6 Å². The van der Waals surface area contributed by atoms with Gasteiger partial charge < -0.3 is 10.6 Å². The largest absolute Gasteiger partial charge is 0.363 e. The normalized spacial score (nSPS) is 17.7. The van der Waals surface area contributed by atoms with E-state index in [4.69, 9.17) is 5.73 Å². The molecule has 1 aliphatic rings. The van der Waals surface area contributed by atoms with Crippen LogP contribution in [0.25, 0.3) is 0 Å². The molecular formula is C18H23N3. The van der Waals surface area contributed by atoms with E-state index in [1.54, 1.807) is 0 Å². The highest BCUT2D eigenvalue weighted by Crippen LogP contribution is 2.34. The molecule has 0 spiro atoms. The quantitative estimate of drug-likeness (QED) is 0.938. The molecule has 1 aromatic carbocycles. The van der Waals surface area contributed by atoms with Crippen LogP contribution in [0.4, 0.5) is 5.69 Å². The van der Waals surface area contributed by atoms with Crippen molar-refractivity contribution < 1.29 is 0 Å². The number of anilines is 1. The molecule has 0 aliphatic carbocycles. The van der Waals surface area contributed by atoms with E-state index in [0.717, 1.165) is 13.0 Å². The third-order valence-electron chi connectivity index (χ3n) is 4.28. The van der Waals surface area contributed by atoms with Crippen LogP contribution in [0.2, 0.25) is 0 Å². The van der Waals surface area contributed by atoms with Crippen molar-refractivity contribution in [2.24, 2.45) is 5.73 Å². The van der Waals surface area contributed by atoms with Crippen molar-refractivity contribution in [2.75, 3.05) is 11.4 Å². The molecule has 0 radical (unpaired) electrons. The van der Waals surface area contributed by atoms with E-state index in [1.807, 2.05) is 12.4 Å². The number of fused-ring (bicyclic) bond motifs is 1. The van der Waals surface area contributed by atoms with Gasteiger partial charge in [0.2, 0.25) is 0 Å². The third-order valence-corrected chi connectivity index (χ3v) is 4.28. The SMILES string of the molecule is CC(N)C(c1ccncc1)N1CCCCc2ccccc21. The number of benzene rings is 1. The Morgan fingerprint density at radius 1 is 1.10 bits per heavy atom. The zero-order chi connectivity index (χ0) is 14.7. The Morgan fingerprint density at radius 2 is 1.86 bits per heavy atom. The molecule has 1 aromatic heterocycles. The van der Waals surface area contributed by atoms with Gasteiger partial charge in [0, 0.05) is 30.7 Å². The van der Waals surface area contributed by atoms with Gasteiger partial charge in [-0.05, 0) is 55.5 Å². The number of hydrogen-bond acceptors (Lipinski definition) is 3. The topological polar surface area (TPSA) is 42.1 Å². The Bertz CT molecular complexity index is 580. The Hall–Kier alpha value is -1.87. The maximum Gasteiger partial charge on any atom is 0.0691 e. The van der Waals surface area contributed by atoms with Gasteiger partial charge >= 0.3 is 0 Å². The van der Waals surface area contributed by atoms with Crippen LogP contribution in [0.5, 0.6) is 0 Å². The summed E-state index contributed by atoms with van der Waals surface area (Å²) in [6, 6.07) is 13.2. The predicted octanol–water partition coefficient (Wildman–Crippen LogP) is 3.31. The van der Waals surface area contributed by atoms with E-state index >= 15 is 0 Å². The van der Waals surface area contributed by atoms with Crippen molar-refractivity contribution in [3.05, 3.63) is 59.9 Å². The van der Waals surface area contributed by atoms with Crippen LogP contribution in [-0.2, 0) is 6.42 Å². The van der Waals surface area contributed by atoms with Crippen molar-refractivity contribution in [1.82, 2.24) is 4.98 Å². The van der Waals surface area contributed by atoms with Crippen LogP contribution in [0.15, 0.2) is 48.8 Å². The van der Waals surface area contributed by atoms with Gasteiger partial charge in [-0.3, -0.25) is 4.98 Å². The van der Waals surface area contributed by atoms with E-state index in [1.165, 1.54) is 29.7 Å². The van der Waals surface area contributed by atoms with Gasteiger partial charge in [-0.1, -0.05) is 18.2 Å². The fourth-order valence-corrected chi connectivity index (χ4v) is 3.34. The van der Waals surface area contributed by atoms with E-state index in [0.29, 0.717) is 0 Å². The lowest BCUT2D eigenvalue weighted by Gasteiger charge is -2.36. The lowest BCUT2D eigenvalue weighted by atomic mass is 9.98. The molecule has 3 heteroatoms. The fourth-order valence-electron chi connectivity index (χ4n) is 3.34. The number of rotatable bonds is 3. The number of pyridine rings is 1. The zero-order valence-electron chi connectivity index (χ0n) is 12.6. The maximum absolute atomic E-state index is 6.35. The number of nitrogens with zero attached hydrogens (tertiary/aromatic N) is 2. The molecule has 2 aromatic rings. The summed E-state index contributed by atoms with van der Waals surface area (Å²) in [7, 11) is 0. The van der Waals surface area contributed by atoms with Crippen molar-refractivity contribution in [3.63, 3.8) is 0 Å². The number of aryl methyl sites for hydroxylation is 1. The Morgan fingerprint density at radius 3 is 2.62 bits per heavy atom.